The van der Waals surface area contributed by atoms with Gasteiger partial charge in [0.1, 0.15) is 0 Å². The molecule has 1 heterocycles. The molecule has 0 saturated heterocycles. The van der Waals surface area contributed by atoms with Crippen LogP contribution in [0.15, 0.2) is 12.4 Å². The van der Waals surface area contributed by atoms with Gasteiger partial charge in [-0.2, -0.15) is 0 Å². The summed E-state index contributed by atoms with van der Waals surface area (Å²) < 4.78 is 58.9. The molecule has 3 nitrogen and oxygen atoms in total. The van der Waals surface area contributed by atoms with Gasteiger partial charge in [-0.15, -0.1) is 0 Å². The molecule has 0 bridgehead atoms. The summed E-state index contributed by atoms with van der Waals surface area (Å²) in [5.41, 5.74) is -2.00. The van der Waals surface area contributed by atoms with Gasteiger partial charge in [-0.25, -0.2) is 0 Å². The number of hydrogen-bond acceptors (Lipinski definition) is 3. The average molecular weight is 173 g/mol. The van der Waals surface area contributed by atoms with Crippen LogP contribution in [0, 0.1) is 6.85 Å². The van der Waals surface area contributed by atoms with E-state index in [1.54, 1.807) is 0 Å². The summed E-state index contributed by atoms with van der Waals surface area (Å²) >= 11 is 0. The topological polar surface area (TPSA) is 53.4 Å². The third-order valence-corrected chi connectivity index (χ3v) is 1.39. The predicted octanol–water partition coefficient (Wildman–Crippen LogP) is -0.368. The van der Waals surface area contributed by atoms with E-state index in [1.807, 2.05) is 0 Å². The Balaban J connectivity index is 3.69. The van der Waals surface area contributed by atoms with Crippen LogP contribution in [0.1, 0.15) is 28.9 Å². The van der Waals surface area contributed by atoms with Gasteiger partial charge in [0, 0.05) is 28.8 Å². The molecule has 0 saturated carbocycles. The van der Waals surface area contributed by atoms with Gasteiger partial charge in [-0.1, -0.05) is 6.85 Å². The van der Waals surface area contributed by atoms with E-state index < -0.39 is 43.8 Å². The molecule has 1 aromatic rings. The van der Waals surface area contributed by atoms with Crippen LogP contribution < -0.4 is 5.46 Å². The number of aromatic nitrogens is 1. The molecular weight excluding hydrogens is 153 g/mol. The second kappa shape index (κ2) is 3.69. The van der Waals surface area contributed by atoms with Crippen molar-refractivity contribution in [1.82, 2.24) is 4.98 Å². The Labute approximate surface area is 83.5 Å². The fourth-order valence-corrected chi connectivity index (χ4v) is 0.767. The second-order valence-corrected chi connectivity index (χ2v) is 2.15. The highest BCUT2D eigenvalue weighted by molar-refractivity contribution is 6.59. The third-order valence-electron chi connectivity index (χ3n) is 1.39. The molecule has 2 N–H and O–H groups in total. The Kier molecular flexibility index (Phi) is 0.961. The highest BCUT2D eigenvalue weighted by Gasteiger charge is 2.15. The van der Waals surface area contributed by atoms with E-state index >= 15 is 0 Å². The number of rotatable bonds is 2. The van der Waals surface area contributed by atoms with E-state index in [1.165, 1.54) is 0 Å². The first-order valence-electron chi connectivity index (χ1n) is 7.15. The summed E-state index contributed by atoms with van der Waals surface area (Å²) in [6.45, 7) is -6.05. The van der Waals surface area contributed by atoms with Crippen LogP contribution in [0.2, 0.25) is 0 Å². The quantitative estimate of drug-likeness (QED) is 0.600. The van der Waals surface area contributed by atoms with Crippen molar-refractivity contribution in [3.8, 4) is 0 Å². The van der Waals surface area contributed by atoms with E-state index in [2.05, 4.69) is 4.98 Å². The standard InChI is InChI=1S/C8H12BNO2/c1-3-7-4-10-5-8(6(7)2)9(11)12/h4-5,11-12H,3H2,1-2H3/i1D3,2D3,3D2. The van der Waals surface area contributed by atoms with Gasteiger partial charge < -0.3 is 10.0 Å². The molecule has 4 heteroatoms. The lowest BCUT2D eigenvalue weighted by molar-refractivity contribution is 0.425. The van der Waals surface area contributed by atoms with Crippen LogP contribution in [-0.2, 0) is 6.37 Å². The first-order chi connectivity index (χ1) is 8.80. The zero-order chi connectivity index (χ0) is 15.9. The minimum atomic E-state index is -3.13. The van der Waals surface area contributed by atoms with Gasteiger partial charge in [0.15, 0.2) is 0 Å². The van der Waals surface area contributed by atoms with Crippen LogP contribution in [0.5, 0.6) is 0 Å². The highest BCUT2D eigenvalue weighted by atomic mass is 16.4. The zero-order valence-corrected chi connectivity index (χ0v) is 6.07. The maximum Gasteiger partial charge on any atom is 0.490 e. The molecule has 1 rings (SSSR count). The van der Waals surface area contributed by atoms with E-state index in [4.69, 9.17) is 21.0 Å². The number of nitrogens with zero attached hydrogens (tertiary/aromatic N) is 1. The fraction of sp³-hybridized carbons (Fsp3) is 0.375. The number of aryl methyl sites for hydroxylation is 1. The smallest absolute Gasteiger partial charge is 0.423 e. The minimum absolute atomic E-state index is 0.546. The molecule has 0 atom stereocenters. The summed E-state index contributed by atoms with van der Waals surface area (Å²) in [6.07, 6.45) is -1.36. The molecule has 0 radical (unpaired) electrons. The van der Waals surface area contributed by atoms with Gasteiger partial charge in [0.25, 0.3) is 0 Å². The molecule has 64 valence electrons. The number of pyridine rings is 1. The van der Waals surface area contributed by atoms with Gasteiger partial charge in [0.05, 0.1) is 0 Å². The Hall–Kier alpha value is -0.865. The largest absolute Gasteiger partial charge is 0.490 e. The maximum absolute atomic E-state index is 9.16. The van der Waals surface area contributed by atoms with Crippen LogP contribution in [0.25, 0.3) is 0 Å². The Bertz CT molecular complexity index is 498. The van der Waals surface area contributed by atoms with Gasteiger partial charge in [0.2, 0.25) is 0 Å². The lowest BCUT2D eigenvalue weighted by atomic mass is 9.77. The highest BCUT2D eigenvalue weighted by Crippen LogP contribution is 2.03. The Morgan fingerprint density at radius 1 is 1.67 bits per heavy atom. The predicted molar refractivity (Wildman–Crippen MR) is 48.2 cm³/mol. The molecular formula is C8H12BNO2. The van der Waals surface area contributed by atoms with Crippen molar-refractivity contribution in [2.75, 3.05) is 0 Å². The lowest BCUT2D eigenvalue weighted by Gasteiger charge is -2.07. The second-order valence-electron chi connectivity index (χ2n) is 2.15. The molecule has 0 aromatic carbocycles. The summed E-state index contributed by atoms with van der Waals surface area (Å²) in [7, 11) is -2.20. The van der Waals surface area contributed by atoms with E-state index in [-0.39, 0.29) is 0 Å². The summed E-state index contributed by atoms with van der Waals surface area (Å²) in [5, 5.41) is 18.3. The summed E-state index contributed by atoms with van der Waals surface area (Å²) in [5.74, 6) is 0. The van der Waals surface area contributed by atoms with Crippen molar-refractivity contribution < 1.29 is 21.0 Å². The molecule has 0 spiro atoms. The molecule has 0 aliphatic heterocycles. The molecule has 0 aliphatic rings. The maximum atomic E-state index is 9.16. The van der Waals surface area contributed by atoms with E-state index in [0.717, 1.165) is 12.4 Å². The van der Waals surface area contributed by atoms with Crippen molar-refractivity contribution in [3.63, 3.8) is 0 Å². The number of hydrogen-bond donors (Lipinski definition) is 2. The van der Waals surface area contributed by atoms with Crippen LogP contribution >= 0.6 is 0 Å². The minimum Gasteiger partial charge on any atom is -0.423 e. The van der Waals surface area contributed by atoms with Gasteiger partial charge in [-0.05, 0) is 24.4 Å². The first kappa shape index (κ1) is 3.12. The summed E-state index contributed by atoms with van der Waals surface area (Å²) in [4.78, 5) is 3.50. The average Bonchev–Trinajstić information content (AvgIpc) is 2.25. The Morgan fingerprint density at radius 3 is 3.08 bits per heavy atom. The van der Waals surface area contributed by atoms with Crippen molar-refractivity contribution in [1.29, 1.82) is 0 Å². The Morgan fingerprint density at radius 2 is 2.50 bits per heavy atom. The monoisotopic (exact) mass is 173 g/mol. The molecule has 1 aromatic heterocycles. The molecule has 0 unspecified atom stereocenters. The van der Waals surface area contributed by atoms with Crippen LogP contribution in [-0.4, -0.2) is 22.2 Å². The fourth-order valence-electron chi connectivity index (χ4n) is 0.767. The van der Waals surface area contributed by atoms with Gasteiger partial charge >= 0.3 is 7.12 Å². The molecule has 0 amide bonds. The normalized spacial score (nSPS) is 23.2. The van der Waals surface area contributed by atoms with E-state index in [9.17, 15) is 0 Å². The zero-order valence-electron chi connectivity index (χ0n) is 14.1. The molecule has 12 heavy (non-hydrogen) atoms. The summed E-state index contributed by atoms with van der Waals surface area (Å²) in [6, 6.07) is 0. The first-order valence-corrected chi connectivity index (χ1v) is 3.15. The van der Waals surface area contributed by atoms with Gasteiger partial charge in [-0.3, -0.25) is 4.98 Å². The third kappa shape index (κ3) is 1.65. The van der Waals surface area contributed by atoms with E-state index in [0.29, 0.717) is 0 Å². The van der Waals surface area contributed by atoms with Crippen LogP contribution in [0.4, 0.5) is 0 Å². The van der Waals surface area contributed by atoms with Crippen molar-refractivity contribution >= 4 is 12.6 Å². The SMILES string of the molecule is [2H]C([2H])([2H])c1c(B(O)O)cncc1C([2H])([2H])C([2H])([2H])[2H]. The van der Waals surface area contributed by atoms with Crippen molar-refractivity contribution in [2.45, 2.75) is 20.1 Å². The lowest BCUT2D eigenvalue weighted by Crippen LogP contribution is -2.33. The van der Waals surface area contributed by atoms with Crippen molar-refractivity contribution in [2.24, 2.45) is 0 Å². The van der Waals surface area contributed by atoms with Crippen LogP contribution in [0.3, 0.4) is 0 Å². The molecule has 0 aliphatic carbocycles. The molecule has 0 fully saturated rings. The van der Waals surface area contributed by atoms with Crippen molar-refractivity contribution in [3.05, 3.63) is 23.5 Å².